The number of nitrogens with zero attached hydrogens (tertiary/aromatic N) is 2. The van der Waals surface area contributed by atoms with Gasteiger partial charge in [0.05, 0.1) is 0 Å². The normalized spacial score (nSPS) is 18.2. The summed E-state index contributed by atoms with van der Waals surface area (Å²) < 4.78 is 0. The topological polar surface area (TPSA) is 82.9 Å². The van der Waals surface area contributed by atoms with Crippen LogP contribution < -0.4 is 10.6 Å². The van der Waals surface area contributed by atoms with Crippen LogP contribution in [0.5, 0.6) is 0 Å². The van der Waals surface area contributed by atoms with Gasteiger partial charge in [-0.1, -0.05) is 48.2 Å². The number of carbonyl (C=O) groups excluding carboxylic acids is 2. The number of amidine groups is 1. The zero-order chi connectivity index (χ0) is 17.8. The number of amides is 2. The fourth-order valence-corrected chi connectivity index (χ4v) is 3.35. The van der Waals surface area contributed by atoms with E-state index in [1.165, 1.54) is 11.8 Å². The predicted molar refractivity (Wildman–Crippen MR) is 103 cm³/mol. The molecule has 7 heteroatoms. The second-order valence-electron chi connectivity index (χ2n) is 5.83. The molecule has 3 rings (SSSR count). The Morgan fingerprint density at radius 1 is 1.20 bits per heavy atom. The molecule has 2 amide bonds. The van der Waals surface area contributed by atoms with Gasteiger partial charge in [-0.25, -0.2) is 0 Å². The number of hydrogen-bond donors (Lipinski definition) is 2. The summed E-state index contributed by atoms with van der Waals surface area (Å²) in [5, 5.41) is 15.4. The fourth-order valence-electron chi connectivity index (χ4n) is 2.44. The van der Waals surface area contributed by atoms with E-state index in [2.05, 4.69) is 20.8 Å². The molecule has 0 spiro atoms. The van der Waals surface area contributed by atoms with Gasteiger partial charge in [-0.3, -0.25) is 9.59 Å². The average molecular weight is 354 g/mol. The maximum absolute atomic E-state index is 12.4. The Labute approximate surface area is 149 Å². The van der Waals surface area contributed by atoms with Gasteiger partial charge in [0.15, 0.2) is 5.17 Å². The number of carbonyl (C=O) groups is 2. The van der Waals surface area contributed by atoms with Crippen molar-refractivity contribution in [2.75, 3.05) is 5.32 Å². The fraction of sp³-hybridized carbons (Fsp3) is 0.222. The van der Waals surface area contributed by atoms with E-state index in [4.69, 9.17) is 0 Å². The van der Waals surface area contributed by atoms with Crippen molar-refractivity contribution in [1.82, 2.24) is 5.32 Å². The van der Waals surface area contributed by atoms with Crippen LogP contribution in [-0.2, 0) is 9.59 Å². The summed E-state index contributed by atoms with van der Waals surface area (Å²) in [6, 6.07) is 13.6. The van der Waals surface area contributed by atoms with Gasteiger partial charge in [-0.15, -0.1) is 5.10 Å². The van der Waals surface area contributed by atoms with Gasteiger partial charge in [0, 0.05) is 23.2 Å². The lowest BCUT2D eigenvalue weighted by Crippen LogP contribution is -2.28. The highest BCUT2D eigenvalue weighted by molar-refractivity contribution is 8.15. The predicted octanol–water partition coefficient (Wildman–Crippen LogP) is 3.15. The zero-order valence-corrected chi connectivity index (χ0v) is 14.8. The molecule has 25 heavy (non-hydrogen) atoms. The zero-order valence-electron chi connectivity index (χ0n) is 13.9. The van der Waals surface area contributed by atoms with Crippen LogP contribution in [0.4, 0.5) is 5.69 Å². The van der Waals surface area contributed by atoms with Crippen LogP contribution in [0.15, 0.2) is 52.7 Å². The Hall–Kier alpha value is -2.67. The summed E-state index contributed by atoms with van der Waals surface area (Å²) in [5.74, 6) is -0.429. The number of rotatable bonds is 4. The Morgan fingerprint density at radius 3 is 2.76 bits per heavy atom. The molecule has 2 aromatic rings. The molecular formula is C18H18N4O2S. The van der Waals surface area contributed by atoms with Crippen LogP contribution >= 0.6 is 11.8 Å². The molecule has 2 aromatic carbocycles. The van der Waals surface area contributed by atoms with Gasteiger partial charge >= 0.3 is 0 Å². The van der Waals surface area contributed by atoms with Gasteiger partial charge < -0.3 is 10.6 Å². The first-order valence-corrected chi connectivity index (χ1v) is 8.75. The second-order valence-corrected chi connectivity index (χ2v) is 7.02. The van der Waals surface area contributed by atoms with Gasteiger partial charge in [0.2, 0.25) is 11.8 Å². The van der Waals surface area contributed by atoms with Crippen molar-refractivity contribution in [1.29, 1.82) is 0 Å². The molecular weight excluding hydrogens is 336 g/mol. The van der Waals surface area contributed by atoms with Crippen LogP contribution in [0, 0.1) is 0 Å². The molecule has 0 aromatic heterocycles. The summed E-state index contributed by atoms with van der Waals surface area (Å²) >= 11 is 1.22. The summed E-state index contributed by atoms with van der Waals surface area (Å²) in [6.07, 6.45) is 0.0769. The Kier molecular flexibility index (Phi) is 5.14. The number of benzene rings is 2. The Morgan fingerprint density at radius 2 is 1.96 bits per heavy atom. The van der Waals surface area contributed by atoms with Gasteiger partial charge in [-0.2, -0.15) is 5.10 Å². The lowest BCUT2D eigenvalue weighted by molar-refractivity contribution is -0.122. The van der Waals surface area contributed by atoms with Crippen molar-refractivity contribution in [3.63, 3.8) is 0 Å². The Bertz CT molecular complexity index is 882. The van der Waals surface area contributed by atoms with E-state index in [1.807, 2.05) is 56.3 Å². The van der Waals surface area contributed by atoms with Gasteiger partial charge in [0.25, 0.3) is 0 Å². The molecule has 1 heterocycles. The summed E-state index contributed by atoms with van der Waals surface area (Å²) in [7, 11) is 0. The molecule has 1 atom stereocenters. The third kappa shape index (κ3) is 4.24. The molecule has 1 aliphatic rings. The highest BCUT2D eigenvalue weighted by atomic mass is 32.2. The summed E-state index contributed by atoms with van der Waals surface area (Å²) in [4.78, 5) is 24.3. The van der Waals surface area contributed by atoms with E-state index in [9.17, 15) is 9.59 Å². The standard InChI is InChI=1S/C18H18N4O2S/c1-11(2)21-22-18-20-17(24)15(25-18)10-16(23)19-14-9-5-7-12-6-3-4-8-13(12)14/h3-9,15H,10H2,1-2H3,(H,19,23)(H,20,22,24). The van der Waals surface area contributed by atoms with E-state index in [-0.39, 0.29) is 18.2 Å². The molecule has 0 radical (unpaired) electrons. The lowest BCUT2D eigenvalue weighted by atomic mass is 10.1. The third-order valence-corrected chi connectivity index (χ3v) is 4.62. The van der Waals surface area contributed by atoms with E-state index in [1.54, 1.807) is 0 Å². The molecule has 2 N–H and O–H groups in total. The first-order chi connectivity index (χ1) is 12.0. The van der Waals surface area contributed by atoms with Crippen LogP contribution in [0.3, 0.4) is 0 Å². The molecule has 0 aliphatic carbocycles. The van der Waals surface area contributed by atoms with Gasteiger partial charge in [0.1, 0.15) is 5.25 Å². The highest BCUT2D eigenvalue weighted by Crippen LogP contribution is 2.25. The minimum atomic E-state index is -0.499. The monoisotopic (exact) mass is 354 g/mol. The number of nitrogens with one attached hydrogen (secondary N) is 2. The van der Waals surface area contributed by atoms with Crippen molar-refractivity contribution in [3.8, 4) is 0 Å². The largest absolute Gasteiger partial charge is 0.325 e. The minimum absolute atomic E-state index is 0.0769. The van der Waals surface area contributed by atoms with Crippen molar-refractivity contribution in [2.24, 2.45) is 10.2 Å². The first kappa shape index (κ1) is 17.2. The van der Waals surface area contributed by atoms with Gasteiger partial charge in [-0.05, 0) is 25.3 Å². The van der Waals surface area contributed by atoms with E-state index >= 15 is 0 Å². The number of hydrogen-bond acceptors (Lipinski definition) is 5. The summed E-state index contributed by atoms with van der Waals surface area (Å²) in [6.45, 7) is 3.64. The lowest BCUT2D eigenvalue weighted by Gasteiger charge is -2.10. The van der Waals surface area contributed by atoms with Crippen LogP contribution in [-0.4, -0.2) is 27.9 Å². The molecule has 1 fully saturated rings. The smallest absolute Gasteiger partial charge is 0.240 e. The molecule has 6 nitrogen and oxygen atoms in total. The Balaban J connectivity index is 1.67. The first-order valence-electron chi connectivity index (χ1n) is 7.87. The molecule has 1 saturated heterocycles. The average Bonchev–Trinajstić information content (AvgIpc) is 2.93. The molecule has 0 saturated carbocycles. The van der Waals surface area contributed by atoms with Crippen molar-refractivity contribution in [3.05, 3.63) is 42.5 Å². The second kappa shape index (κ2) is 7.48. The van der Waals surface area contributed by atoms with Crippen molar-refractivity contribution >= 4 is 50.9 Å². The van der Waals surface area contributed by atoms with E-state index in [0.29, 0.717) is 5.17 Å². The summed E-state index contributed by atoms with van der Waals surface area (Å²) in [5.41, 5.74) is 1.53. The quantitative estimate of drug-likeness (QED) is 0.653. The van der Waals surface area contributed by atoms with Crippen molar-refractivity contribution in [2.45, 2.75) is 25.5 Å². The van der Waals surface area contributed by atoms with Crippen LogP contribution in [0.1, 0.15) is 20.3 Å². The number of fused-ring (bicyclic) bond motifs is 1. The van der Waals surface area contributed by atoms with E-state index in [0.717, 1.165) is 22.2 Å². The van der Waals surface area contributed by atoms with Crippen LogP contribution in [0.25, 0.3) is 10.8 Å². The molecule has 128 valence electrons. The van der Waals surface area contributed by atoms with Crippen LogP contribution in [0.2, 0.25) is 0 Å². The highest BCUT2D eigenvalue weighted by Gasteiger charge is 2.32. The number of thioether (sulfide) groups is 1. The molecule has 0 bridgehead atoms. The maximum Gasteiger partial charge on any atom is 0.240 e. The third-order valence-electron chi connectivity index (χ3n) is 3.55. The van der Waals surface area contributed by atoms with E-state index < -0.39 is 5.25 Å². The minimum Gasteiger partial charge on any atom is -0.325 e. The SMILES string of the molecule is CC(C)=NN=C1NC(=O)C(CC(=O)Nc2cccc3ccccc23)S1. The van der Waals surface area contributed by atoms with Crippen molar-refractivity contribution < 1.29 is 9.59 Å². The molecule has 1 unspecified atom stereocenters. The molecule has 1 aliphatic heterocycles. The maximum atomic E-state index is 12.4. The number of anilines is 1.